The summed E-state index contributed by atoms with van der Waals surface area (Å²) in [6.45, 7) is 3.85. The highest BCUT2D eigenvalue weighted by atomic mass is 19.2. The van der Waals surface area contributed by atoms with E-state index in [1.807, 2.05) is 0 Å². The van der Waals surface area contributed by atoms with Gasteiger partial charge in [-0.2, -0.15) is 0 Å². The number of ether oxygens (including phenoxy) is 1. The molecule has 2 aliphatic rings. The maximum atomic E-state index is 13.5. The third kappa shape index (κ3) is 2.58. The van der Waals surface area contributed by atoms with Crippen LogP contribution in [0.4, 0.5) is 14.5 Å². The van der Waals surface area contributed by atoms with Crippen molar-refractivity contribution in [2.45, 2.75) is 18.9 Å². The Hall–Kier alpha value is -1.20. The first kappa shape index (κ1) is 12.8. The standard InChI is InChI=1S/C14H18F2N2O/c15-11-7-10(14-9-17-3-6-19-14)13(8-12(11)16)18-4-1-2-5-18/h7-8,14,17H,1-6,9H2. The lowest BCUT2D eigenvalue weighted by Crippen LogP contribution is -2.34. The van der Waals surface area contributed by atoms with Crippen LogP contribution in [-0.2, 0) is 4.74 Å². The molecule has 3 rings (SSSR count). The maximum absolute atomic E-state index is 13.5. The summed E-state index contributed by atoms with van der Waals surface area (Å²) >= 11 is 0. The molecule has 2 heterocycles. The van der Waals surface area contributed by atoms with Crippen LogP contribution in [0, 0.1) is 11.6 Å². The van der Waals surface area contributed by atoms with Gasteiger partial charge >= 0.3 is 0 Å². The van der Waals surface area contributed by atoms with Crippen LogP contribution in [0.25, 0.3) is 0 Å². The highest BCUT2D eigenvalue weighted by Gasteiger charge is 2.25. The normalized spacial score (nSPS) is 23.9. The zero-order valence-electron chi connectivity index (χ0n) is 10.8. The van der Waals surface area contributed by atoms with Crippen LogP contribution < -0.4 is 10.2 Å². The second-order valence-electron chi connectivity index (χ2n) is 5.08. The third-order valence-electron chi connectivity index (χ3n) is 3.79. The van der Waals surface area contributed by atoms with Gasteiger partial charge in [-0.25, -0.2) is 8.78 Å². The molecule has 5 heteroatoms. The molecule has 104 valence electrons. The molecular weight excluding hydrogens is 250 g/mol. The fourth-order valence-electron chi connectivity index (χ4n) is 2.81. The highest BCUT2D eigenvalue weighted by molar-refractivity contribution is 5.56. The molecule has 1 unspecified atom stereocenters. The Kier molecular flexibility index (Phi) is 3.66. The van der Waals surface area contributed by atoms with Crippen molar-refractivity contribution in [1.82, 2.24) is 5.32 Å². The summed E-state index contributed by atoms with van der Waals surface area (Å²) in [4.78, 5) is 2.12. The number of benzene rings is 1. The second-order valence-corrected chi connectivity index (χ2v) is 5.08. The largest absolute Gasteiger partial charge is 0.371 e. The van der Waals surface area contributed by atoms with Gasteiger partial charge in [-0.1, -0.05) is 0 Å². The van der Waals surface area contributed by atoms with Crippen molar-refractivity contribution in [3.05, 3.63) is 29.3 Å². The molecule has 2 fully saturated rings. The van der Waals surface area contributed by atoms with E-state index in [1.54, 1.807) is 0 Å². The van der Waals surface area contributed by atoms with Crippen LogP contribution in [0.3, 0.4) is 0 Å². The summed E-state index contributed by atoms with van der Waals surface area (Å²) in [5.74, 6) is -1.58. The summed E-state index contributed by atoms with van der Waals surface area (Å²) in [6.07, 6.45) is 2.00. The van der Waals surface area contributed by atoms with Crippen LogP contribution in [-0.4, -0.2) is 32.8 Å². The molecule has 1 N–H and O–H groups in total. The molecular formula is C14H18F2N2O. The third-order valence-corrected chi connectivity index (χ3v) is 3.79. The van der Waals surface area contributed by atoms with Crippen LogP contribution in [0.5, 0.6) is 0 Å². The SMILES string of the molecule is Fc1cc(C2CNCCO2)c(N2CCCC2)cc1F. The lowest BCUT2D eigenvalue weighted by atomic mass is 10.0. The average molecular weight is 268 g/mol. The van der Waals surface area contributed by atoms with Gasteiger partial charge in [0, 0.05) is 43.5 Å². The number of morpholine rings is 1. The molecule has 0 amide bonds. The molecule has 3 nitrogen and oxygen atoms in total. The number of anilines is 1. The van der Waals surface area contributed by atoms with E-state index in [-0.39, 0.29) is 6.10 Å². The number of halogens is 2. The maximum Gasteiger partial charge on any atom is 0.160 e. The van der Waals surface area contributed by atoms with E-state index in [1.165, 1.54) is 12.1 Å². The minimum absolute atomic E-state index is 0.195. The van der Waals surface area contributed by atoms with Gasteiger partial charge in [0.05, 0.1) is 12.7 Å². The molecule has 0 aliphatic carbocycles. The Balaban J connectivity index is 1.97. The van der Waals surface area contributed by atoms with Crippen LogP contribution >= 0.6 is 0 Å². The van der Waals surface area contributed by atoms with Crippen molar-refractivity contribution in [3.8, 4) is 0 Å². The van der Waals surface area contributed by atoms with Gasteiger partial charge in [0.25, 0.3) is 0 Å². The van der Waals surface area contributed by atoms with Crippen molar-refractivity contribution < 1.29 is 13.5 Å². The van der Waals surface area contributed by atoms with Crippen molar-refractivity contribution in [1.29, 1.82) is 0 Å². The monoisotopic (exact) mass is 268 g/mol. The summed E-state index contributed by atoms with van der Waals surface area (Å²) in [5.41, 5.74) is 1.54. The van der Waals surface area contributed by atoms with Gasteiger partial charge in [-0.3, -0.25) is 0 Å². The van der Waals surface area contributed by atoms with Gasteiger partial charge in [0.2, 0.25) is 0 Å². The summed E-state index contributed by atoms with van der Waals surface area (Å²) in [6, 6.07) is 2.61. The molecule has 0 saturated carbocycles. The van der Waals surface area contributed by atoms with E-state index in [2.05, 4.69) is 10.2 Å². The number of rotatable bonds is 2. The molecule has 19 heavy (non-hydrogen) atoms. The van der Waals surface area contributed by atoms with E-state index in [0.717, 1.165) is 43.7 Å². The molecule has 1 aromatic rings. The Labute approximate surface area is 111 Å². The minimum atomic E-state index is -0.799. The van der Waals surface area contributed by atoms with E-state index in [9.17, 15) is 8.78 Å². The number of hydrogen-bond acceptors (Lipinski definition) is 3. The van der Waals surface area contributed by atoms with Crippen molar-refractivity contribution in [2.24, 2.45) is 0 Å². The Morgan fingerprint density at radius 1 is 1.16 bits per heavy atom. The van der Waals surface area contributed by atoms with E-state index < -0.39 is 11.6 Å². The number of nitrogens with one attached hydrogen (secondary N) is 1. The first-order valence-electron chi connectivity index (χ1n) is 6.82. The van der Waals surface area contributed by atoms with Crippen LogP contribution in [0.2, 0.25) is 0 Å². The zero-order chi connectivity index (χ0) is 13.2. The van der Waals surface area contributed by atoms with Gasteiger partial charge in [-0.05, 0) is 18.9 Å². The van der Waals surface area contributed by atoms with Gasteiger partial charge in [0.1, 0.15) is 0 Å². The Morgan fingerprint density at radius 3 is 2.58 bits per heavy atom. The van der Waals surface area contributed by atoms with E-state index in [4.69, 9.17) is 4.74 Å². The quantitative estimate of drug-likeness (QED) is 0.890. The predicted molar refractivity (Wildman–Crippen MR) is 69.4 cm³/mol. The molecule has 0 aromatic heterocycles. The van der Waals surface area contributed by atoms with Gasteiger partial charge in [-0.15, -0.1) is 0 Å². The first-order chi connectivity index (χ1) is 9.25. The molecule has 2 aliphatic heterocycles. The number of nitrogens with zero attached hydrogens (tertiary/aromatic N) is 1. The second kappa shape index (κ2) is 5.43. The van der Waals surface area contributed by atoms with Crippen LogP contribution in [0.1, 0.15) is 24.5 Å². The molecule has 0 spiro atoms. The fourth-order valence-corrected chi connectivity index (χ4v) is 2.81. The van der Waals surface area contributed by atoms with Crippen molar-refractivity contribution in [3.63, 3.8) is 0 Å². The average Bonchev–Trinajstić information content (AvgIpc) is 2.96. The summed E-state index contributed by atoms with van der Waals surface area (Å²) in [5, 5.41) is 3.23. The highest BCUT2D eigenvalue weighted by Crippen LogP contribution is 2.33. The Morgan fingerprint density at radius 2 is 1.89 bits per heavy atom. The lowest BCUT2D eigenvalue weighted by Gasteiger charge is -2.29. The first-order valence-corrected chi connectivity index (χ1v) is 6.82. The topological polar surface area (TPSA) is 24.5 Å². The predicted octanol–water partition coefficient (Wildman–Crippen LogP) is 2.23. The molecule has 1 atom stereocenters. The summed E-state index contributed by atoms with van der Waals surface area (Å²) < 4.78 is 32.7. The molecule has 0 radical (unpaired) electrons. The van der Waals surface area contributed by atoms with E-state index in [0.29, 0.717) is 13.2 Å². The fraction of sp³-hybridized carbons (Fsp3) is 0.571. The molecule has 2 saturated heterocycles. The smallest absolute Gasteiger partial charge is 0.160 e. The zero-order valence-corrected chi connectivity index (χ0v) is 10.8. The van der Waals surface area contributed by atoms with Crippen LogP contribution in [0.15, 0.2) is 12.1 Å². The molecule has 0 bridgehead atoms. The summed E-state index contributed by atoms with van der Waals surface area (Å²) in [7, 11) is 0. The van der Waals surface area contributed by atoms with Gasteiger partial charge < -0.3 is 15.0 Å². The minimum Gasteiger partial charge on any atom is -0.371 e. The van der Waals surface area contributed by atoms with Crippen molar-refractivity contribution in [2.75, 3.05) is 37.7 Å². The Bertz CT molecular complexity index is 455. The number of hydrogen-bond donors (Lipinski definition) is 1. The van der Waals surface area contributed by atoms with E-state index >= 15 is 0 Å². The molecule has 1 aromatic carbocycles. The van der Waals surface area contributed by atoms with Gasteiger partial charge in [0.15, 0.2) is 11.6 Å². The lowest BCUT2D eigenvalue weighted by molar-refractivity contribution is 0.0277. The van der Waals surface area contributed by atoms with Crippen molar-refractivity contribution >= 4 is 5.69 Å².